The Morgan fingerprint density at radius 3 is 2.14 bits per heavy atom. The maximum absolute atomic E-state index is 11.5. The minimum absolute atomic E-state index is 0.308. The van der Waals surface area contributed by atoms with Crippen molar-refractivity contribution in [2.45, 2.75) is 18.9 Å². The molecule has 2 saturated heterocycles. The number of piperidine rings is 1. The molecular formula is C16H21N3O2S. The number of hydrogen-bond acceptors (Lipinski definition) is 5. The smallest absolute Gasteiger partial charge is 0.152 e. The maximum Gasteiger partial charge on any atom is 0.152 e. The lowest BCUT2D eigenvalue weighted by Gasteiger charge is -2.40. The largest absolute Gasteiger partial charge is 0.371 e. The molecule has 0 N–H and O–H groups in total. The first-order valence-electron chi connectivity index (χ1n) is 7.77. The highest BCUT2D eigenvalue weighted by atomic mass is 32.2. The van der Waals surface area contributed by atoms with E-state index in [0.29, 0.717) is 36.2 Å². The molecule has 2 aliphatic heterocycles. The van der Waals surface area contributed by atoms with E-state index in [1.54, 1.807) is 0 Å². The van der Waals surface area contributed by atoms with Crippen LogP contribution in [0.15, 0.2) is 24.3 Å². The molecule has 0 amide bonds. The fraction of sp³-hybridized carbons (Fsp3) is 0.562. The topological polar surface area (TPSA) is 64.4 Å². The molecule has 22 heavy (non-hydrogen) atoms. The Balaban J connectivity index is 1.55. The van der Waals surface area contributed by atoms with Gasteiger partial charge in [-0.15, -0.1) is 0 Å². The molecule has 118 valence electrons. The SMILES string of the molecule is N#Cc1ccc(N2CCC(N3CCS(=O)(=O)CC3)CC2)cc1. The third-order valence-corrected chi connectivity index (χ3v) is 6.33. The molecular weight excluding hydrogens is 298 g/mol. The molecule has 3 rings (SSSR count). The Morgan fingerprint density at radius 2 is 1.59 bits per heavy atom. The highest BCUT2D eigenvalue weighted by Crippen LogP contribution is 2.24. The van der Waals surface area contributed by atoms with Crippen LogP contribution in [0.5, 0.6) is 0 Å². The summed E-state index contributed by atoms with van der Waals surface area (Å²) in [7, 11) is -2.79. The molecule has 5 nitrogen and oxygen atoms in total. The van der Waals surface area contributed by atoms with Crippen LogP contribution in [-0.4, -0.2) is 57.0 Å². The van der Waals surface area contributed by atoms with E-state index in [1.807, 2.05) is 24.3 Å². The van der Waals surface area contributed by atoms with Crippen LogP contribution in [0.2, 0.25) is 0 Å². The molecule has 0 atom stereocenters. The number of anilines is 1. The van der Waals surface area contributed by atoms with Gasteiger partial charge in [-0.1, -0.05) is 0 Å². The van der Waals surface area contributed by atoms with Crippen molar-refractivity contribution in [2.75, 3.05) is 42.6 Å². The van der Waals surface area contributed by atoms with Crippen molar-refractivity contribution in [1.82, 2.24) is 4.90 Å². The van der Waals surface area contributed by atoms with Gasteiger partial charge in [-0.05, 0) is 37.1 Å². The predicted octanol–water partition coefficient (Wildman–Crippen LogP) is 1.26. The average molecular weight is 319 g/mol. The van der Waals surface area contributed by atoms with Gasteiger partial charge in [0.05, 0.1) is 23.1 Å². The van der Waals surface area contributed by atoms with Crippen molar-refractivity contribution in [1.29, 1.82) is 5.26 Å². The summed E-state index contributed by atoms with van der Waals surface area (Å²) < 4.78 is 23.0. The number of nitrogens with zero attached hydrogens (tertiary/aromatic N) is 3. The summed E-state index contributed by atoms with van der Waals surface area (Å²) in [6.45, 7) is 3.34. The van der Waals surface area contributed by atoms with Gasteiger partial charge in [0.25, 0.3) is 0 Å². The molecule has 0 bridgehead atoms. The quantitative estimate of drug-likeness (QED) is 0.821. The summed E-state index contributed by atoms with van der Waals surface area (Å²) in [5.41, 5.74) is 1.85. The Hall–Kier alpha value is -1.58. The average Bonchev–Trinajstić information content (AvgIpc) is 2.55. The van der Waals surface area contributed by atoms with Crippen molar-refractivity contribution in [3.8, 4) is 6.07 Å². The lowest BCUT2D eigenvalue weighted by Crippen LogP contribution is -2.50. The van der Waals surface area contributed by atoms with Crippen LogP contribution in [0.4, 0.5) is 5.69 Å². The number of sulfone groups is 1. The standard InChI is InChI=1S/C16H21N3O2S/c17-13-14-1-3-15(4-2-14)18-7-5-16(6-8-18)19-9-11-22(20,21)12-10-19/h1-4,16H,5-12H2. The van der Waals surface area contributed by atoms with Gasteiger partial charge in [0, 0.05) is 37.9 Å². The number of rotatable bonds is 2. The molecule has 6 heteroatoms. The normalized spacial score (nSPS) is 23.1. The zero-order valence-corrected chi connectivity index (χ0v) is 13.4. The first-order valence-corrected chi connectivity index (χ1v) is 9.59. The number of benzene rings is 1. The van der Waals surface area contributed by atoms with Crippen LogP contribution in [-0.2, 0) is 9.84 Å². The summed E-state index contributed by atoms with van der Waals surface area (Å²) in [6, 6.07) is 10.4. The zero-order valence-electron chi connectivity index (χ0n) is 12.6. The van der Waals surface area contributed by atoms with E-state index in [2.05, 4.69) is 15.9 Å². The highest BCUT2D eigenvalue weighted by molar-refractivity contribution is 7.91. The van der Waals surface area contributed by atoms with Gasteiger partial charge in [-0.3, -0.25) is 4.90 Å². The van der Waals surface area contributed by atoms with Crippen LogP contribution in [0.25, 0.3) is 0 Å². The summed E-state index contributed by atoms with van der Waals surface area (Å²) >= 11 is 0. The van der Waals surface area contributed by atoms with E-state index in [1.165, 1.54) is 5.69 Å². The minimum atomic E-state index is -2.79. The molecule has 0 aliphatic carbocycles. The van der Waals surface area contributed by atoms with Crippen molar-refractivity contribution in [3.63, 3.8) is 0 Å². The minimum Gasteiger partial charge on any atom is -0.371 e. The summed E-state index contributed by atoms with van der Waals surface area (Å²) in [6.07, 6.45) is 2.14. The Bertz CT molecular complexity index is 642. The van der Waals surface area contributed by atoms with Gasteiger partial charge >= 0.3 is 0 Å². The molecule has 0 saturated carbocycles. The van der Waals surface area contributed by atoms with Gasteiger partial charge in [0.2, 0.25) is 0 Å². The van der Waals surface area contributed by atoms with Gasteiger partial charge in [0.15, 0.2) is 9.84 Å². The second-order valence-corrected chi connectivity index (χ2v) is 8.37. The van der Waals surface area contributed by atoms with Crippen molar-refractivity contribution < 1.29 is 8.42 Å². The molecule has 2 fully saturated rings. The fourth-order valence-electron chi connectivity index (χ4n) is 3.33. The second kappa shape index (κ2) is 6.27. The third kappa shape index (κ3) is 3.42. The molecule has 2 aliphatic rings. The van der Waals surface area contributed by atoms with Crippen molar-refractivity contribution >= 4 is 15.5 Å². The van der Waals surface area contributed by atoms with Crippen LogP contribution < -0.4 is 4.90 Å². The predicted molar refractivity (Wildman–Crippen MR) is 86.6 cm³/mol. The van der Waals surface area contributed by atoms with Crippen LogP contribution in [0.3, 0.4) is 0 Å². The van der Waals surface area contributed by atoms with E-state index in [4.69, 9.17) is 5.26 Å². The molecule has 0 unspecified atom stereocenters. The molecule has 2 heterocycles. The monoisotopic (exact) mass is 319 g/mol. The lowest BCUT2D eigenvalue weighted by molar-refractivity contribution is 0.182. The molecule has 1 aromatic carbocycles. The van der Waals surface area contributed by atoms with E-state index in [-0.39, 0.29) is 0 Å². The highest BCUT2D eigenvalue weighted by Gasteiger charge is 2.29. The van der Waals surface area contributed by atoms with Gasteiger partial charge in [0.1, 0.15) is 0 Å². The van der Waals surface area contributed by atoms with E-state index in [0.717, 1.165) is 25.9 Å². The van der Waals surface area contributed by atoms with Crippen LogP contribution >= 0.6 is 0 Å². The maximum atomic E-state index is 11.5. The summed E-state index contributed by atoms with van der Waals surface area (Å²) in [4.78, 5) is 4.69. The third-order valence-electron chi connectivity index (χ3n) is 4.72. The molecule has 0 radical (unpaired) electrons. The Morgan fingerprint density at radius 1 is 1.00 bits per heavy atom. The zero-order chi connectivity index (χ0) is 15.6. The summed E-state index contributed by atoms with van der Waals surface area (Å²) in [5, 5.41) is 8.84. The van der Waals surface area contributed by atoms with Crippen LogP contribution in [0.1, 0.15) is 18.4 Å². The molecule has 0 spiro atoms. The number of hydrogen-bond donors (Lipinski definition) is 0. The van der Waals surface area contributed by atoms with Crippen molar-refractivity contribution in [3.05, 3.63) is 29.8 Å². The Labute approximate surface area is 132 Å². The number of nitriles is 1. The molecule has 1 aromatic rings. The fourth-order valence-corrected chi connectivity index (χ4v) is 4.56. The lowest BCUT2D eigenvalue weighted by atomic mass is 10.0. The van der Waals surface area contributed by atoms with E-state index >= 15 is 0 Å². The second-order valence-electron chi connectivity index (χ2n) is 6.06. The molecule has 0 aromatic heterocycles. The first-order chi connectivity index (χ1) is 10.6. The van der Waals surface area contributed by atoms with Crippen LogP contribution in [0, 0.1) is 11.3 Å². The first kappa shape index (κ1) is 15.3. The van der Waals surface area contributed by atoms with E-state index < -0.39 is 9.84 Å². The van der Waals surface area contributed by atoms with E-state index in [9.17, 15) is 8.42 Å². The van der Waals surface area contributed by atoms with Gasteiger partial charge in [-0.25, -0.2) is 8.42 Å². The van der Waals surface area contributed by atoms with Crippen molar-refractivity contribution in [2.24, 2.45) is 0 Å². The van der Waals surface area contributed by atoms with Gasteiger partial charge < -0.3 is 4.90 Å². The van der Waals surface area contributed by atoms with Gasteiger partial charge in [-0.2, -0.15) is 5.26 Å². The Kier molecular flexibility index (Phi) is 4.37. The summed E-state index contributed by atoms with van der Waals surface area (Å²) in [5.74, 6) is 0.617.